The topological polar surface area (TPSA) is 45.7 Å². The maximum Gasteiger partial charge on any atom is 0.191 e. The zero-order valence-electron chi connectivity index (χ0n) is 13.0. The van der Waals surface area contributed by atoms with Gasteiger partial charge in [-0.1, -0.05) is 18.2 Å². The molecule has 0 fully saturated rings. The first-order chi connectivity index (χ1) is 10.3. The molecule has 0 heterocycles. The van der Waals surface area contributed by atoms with Gasteiger partial charge in [0.2, 0.25) is 0 Å². The molecule has 0 aliphatic rings. The summed E-state index contributed by atoms with van der Waals surface area (Å²) in [6, 6.07) is 6.73. The van der Waals surface area contributed by atoms with Gasteiger partial charge in [-0.25, -0.2) is 9.38 Å². The van der Waals surface area contributed by atoms with Crippen LogP contribution < -0.4 is 10.6 Å². The highest BCUT2D eigenvalue weighted by Gasteiger charge is 2.01. The average molecular weight is 295 g/mol. The van der Waals surface area contributed by atoms with Crippen LogP contribution in [0.15, 0.2) is 29.3 Å². The zero-order chi connectivity index (χ0) is 15.3. The number of hydrogen-bond donors (Lipinski definition) is 2. The van der Waals surface area contributed by atoms with E-state index in [1.54, 1.807) is 19.2 Å². The lowest BCUT2D eigenvalue weighted by Gasteiger charge is -2.11. The van der Waals surface area contributed by atoms with Gasteiger partial charge in [0, 0.05) is 32.4 Å². The summed E-state index contributed by atoms with van der Waals surface area (Å²) in [4.78, 5) is 4.41. The third-order valence-electron chi connectivity index (χ3n) is 3.03. The van der Waals surface area contributed by atoms with Crippen molar-refractivity contribution in [2.24, 2.45) is 4.99 Å². The van der Waals surface area contributed by atoms with Crippen molar-refractivity contribution in [1.82, 2.24) is 10.6 Å². The lowest BCUT2D eigenvalue weighted by Crippen LogP contribution is -2.37. The molecular formula is C16H26FN3O. The minimum atomic E-state index is -0.211. The van der Waals surface area contributed by atoms with E-state index in [1.807, 2.05) is 13.0 Å². The number of guanidine groups is 1. The van der Waals surface area contributed by atoms with Gasteiger partial charge in [-0.15, -0.1) is 0 Å². The minimum Gasteiger partial charge on any atom is -0.385 e. The largest absolute Gasteiger partial charge is 0.385 e. The fraction of sp³-hybridized carbons (Fsp3) is 0.562. The number of halogens is 1. The van der Waals surface area contributed by atoms with Gasteiger partial charge in [0.25, 0.3) is 0 Å². The van der Waals surface area contributed by atoms with Crippen LogP contribution in [0.25, 0.3) is 0 Å². The van der Waals surface area contributed by atoms with Crippen LogP contribution in [-0.2, 0) is 11.3 Å². The standard InChI is InChI=1S/C16H26FN3O/c1-3-18-16(19-11-7-4-8-12-21-2)20-13-14-9-5-6-10-15(14)17/h5-6,9-10H,3-4,7-8,11-13H2,1-2H3,(H2,18,19,20). The monoisotopic (exact) mass is 295 g/mol. The molecule has 1 rings (SSSR count). The van der Waals surface area contributed by atoms with Crippen molar-refractivity contribution in [3.63, 3.8) is 0 Å². The molecule has 21 heavy (non-hydrogen) atoms. The summed E-state index contributed by atoms with van der Waals surface area (Å²) in [5.41, 5.74) is 0.606. The molecule has 0 atom stereocenters. The normalized spacial score (nSPS) is 11.5. The van der Waals surface area contributed by atoms with Crippen molar-refractivity contribution in [2.45, 2.75) is 32.7 Å². The predicted molar refractivity (Wildman–Crippen MR) is 84.9 cm³/mol. The second-order valence-corrected chi connectivity index (χ2v) is 4.77. The van der Waals surface area contributed by atoms with E-state index >= 15 is 0 Å². The number of unbranched alkanes of at least 4 members (excludes halogenated alkanes) is 2. The molecule has 0 bridgehead atoms. The van der Waals surface area contributed by atoms with E-state index in [2.05, 4.69) is 15.6 Å². The molecule has 0 aliphatic heterocycles. The van der Waals surface area contributed by atoms with Gasteiger partial charge < -0.3 is 15.4 Å². The van der Waals surface area contributed by atoms with E-state index in [0.717, 1.165) is 44.9 Å². The molecule has 1 aromatic carbocycles. The number of ether oxygens (including phenoxy) is 1. The Hall–Kier alpha value is -1.62. The highest BCUT2D eigenvalue weighted by Crippen LogP contribution is 2.07. The molecule has 0 aromatic heterocycles. The Balaban J connectivity index is 2.38. The van der Waals surface area contributed by atoms with Gasteiger partial charge in [-0.05, 0) is 32.3 Å². The fourth-order valence-corrected chi connectivity index (χ4v) is 1.89. The van der Waals surface area contributed by atoms with Crippen molar-refractivity contribution in [3.05, 3.63) is 35.6 Å². The highest BCUT2D eigenvalue weighted by atomic mass is 19.1. The maximum atomic E-state index is 13.5. The number of hydrogen-bond acceptors (Lipinski definition) is 2. The summed E-state index contributed by atoms with van der Waals surface area (Å²) in [6.45, 7) is 4.80. The van der Waals surface area contributed by atoms with E-state index in [0.29, 0.717) is 12.1 Å². The molecule has 0 aliphatic carbocycles. The molecule has 0 saturated heterocycles. The number of rotatable bonds is 9. The number of nitrogens with zero attached hydrogens (tertiary/aromatic N) is 1. The van der Waals surface area contributed by atoms with Crippen molar-refractivity contribution < 1.29 is 9.13 Å². The molecular weight excluding hydrogens is 269 g/mol. The van der Waals surface area contributed by atoms with Gasteiger partial charge in [-0.2, -0.15) is 0 Å². The third kappa shape index (κ3) is 7.66. The molecule has 0 amide bonds. The summed E-state index contributed by atoms with van der Waals surface area (Å²) in [7, 11) is 1.72. The Morgan fingerprint density at radius 3 is 2.71 bits per heavy atom. The van der Waals surface area contributed by atoms with Crippen molar-refractivity contribution >= 4 is 5.96 Å². The third-order valence-corrected chi connectivity index (χ3v) is 3.03. The summed E-state index contributed by atoms with van der Waals surface area (Å²) in [5.74, 6) is 0.518. The first-order valence-corrected chi connectivity index (χ1v) is 7.52. The van der Waals surface area contributed by atoms with E-state index in [1.165, 1.54) is 6.07 Å². The number of aliphatic imine (C=N–C) groups is 1. The minimum absolute atomic E-state index is 0.211. The molecule has 0 saturated carbocycles. The Bertz CT molecular complexity index is 424. The Morgan fingerprint density at radius 1 is 1.19 bits per heavy atom. The SMILES string of the molecule is CCNC(=NCc1ccccc1F)NCCCCCOC. The van der Waals surface area contributed by atoms with Crippen LogP contribution in [-0.4, -0.2) is 32.8 Å². The first-order valence-electron chi connectivity index (χ1n) is 7.52. The number of methoxy groups -OCH3 is 1. The summed E-state index contributed by atoms with van der Waals surface area (Å²) in [6.07, 6.45) is 3.25. The Labute approximate surface area is 126 Å². The number of benzene rings is 1. The van der Waals surface area contributed by atoms with E-state index in [4.69, 9.17) is 4.74 Å². The van der Waals surface area contributed by atoms with Gasteiger partial charge >= 0.3 is 0 Å². The van der Waals surface area contributed by atoms with Crippen LogP contribution in [0, 0.1) is 5.82 Å². The van der Waals surface area contributed by atoms with E-state index in [9.17, 15) is 4.39 Å². The second kappa shape index (κ2) is 11.1. The van der Waals surface area contributed by atoms with Crippen LogP contribution in [0.5, 0.6) is 0 Å². The van der Waals surface area contributed by atoms with Crippen molar-refractivity contribution in [1.29, 1.82) is 0 Å². The van der Waals surface area contributed by atoms with Crippen molar-refractivity contribution in [2.75, 3.05) is 26.8 Å². The maximum absolute atomic E-state index is 13.5. The molecule has 0 radical (unpaired) electrons. The predicted octanol–water partition coefficient (Wildman–Crippen LogP) is 2.70. The van der Waals surface area contributed by atoms with Crippen LogP contribution in [0.4, 0.5) is 4.39 Å². The molecule has 5 heteroatoms. The average Bonchev–Trinajstić information content (AvgIpc) is 2.49. The quantitative estimate of drug-likeness (QED) is 0.418. The van der Waals surface area contributed by atoms with Gasteiger partial charge in [-0.3, -0.25) is 0 Å². The lowest BCUT2D eigenvalue weighted by atomic mass is 10.2. The molecule has 4 nitrogen and oxygen atoms in total. The van der Waals surface area contributed by atoms with Crippen molar-refractivity contribution in [3.8, 4) is 0 Å². The molecule has 2 N–H and O–H groups in total. The van der Waals surface area contributed by atoms with Crippen LogP contribution >= 0.6 is 0 Å². The Kier molecular flexibility index (Phi) is 9.20. The highest BCUT2D eigenvalue weighted by molar-refractivity contribution is 5.79. The van der Waals surface area contributed by atoms with Crippen LogP contribution in [0.3, 0.4) is 0 Å². The fourth-order valence-electron chi connectivity index (χ4n) is 1.89. The Morgan fingerprint density at radius 2 is 2.00 bits per heavy atom. The van der Waals surface area contributed by atoms with Crippen LogP contribution in [0.1, 0.15) is 31.7 Å². The van der Waals surface area contributed by atoms with E-state index < -0.39 is 0 Å². The van der Waals surface area contributed by atoms with Gasteiger partial charge in [0.15, 0.2) is 5.96 Å². The molecule has 0 unspecified atom stereocenters. The lowest BCUT2D eigenvalue weighted by molar-refractivity contribution is 0.192. The van der Waals surface area contributed by atoms with Gasteiger partial charge in [0.05, 0.1) is 6.54 Å². The smallest absolute Gasteiger partial charge is 0.191 e. The summed E-state index contributed by atoms with van der Waals surface area (Å²) in [5, 5.41) is 6.43. The van der Waals surface area contributed by atoms with Gasteiger partial charge in [0.1, 0.15) is 5.82 Å². The second-order valence-electron chi connectivity index (χ2n) is 4.77. The molecule has 1 aromatic rings. The van der Waals surface area contributed by atoms with E-state index in [-0.39, 0.29) is 5.82 Å². The molecule has 0 spiro atoms. The summed E-state index contributed by atoms with van der Waals surface area (Å²) >= 11 is 0. The summed E-state index contributed by atoms with van der Waals surface area (Å²) < 4.78 is 18.5. The number of nitrogens with one attached hydrogen (secondary N) is 2. The zero-order valence-corrected chi connectivity index (χ0v) is 13.0. The van der Waals surface area contributed by atoms with Crippen LogP contribution in [0.2, 0.25) is 0 Å². The first kappa shape index (κ1) is 17.4. The molecule has 118 valence electrons.